The second kappa shape index (κ2) is 4.22. The van der Waals surface area contributed by atoms with Gasteiger partial charge in [-0.25, -0.2) is 0 Å². The van der Waals surface area contributed by atoms with Crippen molar-refractivity contribution < 1.29 is 4.55 Å². The Labute approximate surface area is 84.5 Å². The molecule has 0 amide bonds. The lowest BCUT2D eigenvalue weighted by Crippen LogP contribution is -2.24. The molecule has 0 aromatic rings. The van der Waals surface area contributed by atoms with Crippen LogP contribution in [-0.2, 0) is 11.2 Å². The maximum absolute atomic E-state index is 12.0. The van der Waals surface area contributed by atoms with Crippen LogP contribution in [0.4, 0.5) is 0 Å². The first-order valence-corrected chi connectivity index (χ1v) is 7.00. The standard InChI is InChI=1S/C11H20OS/c1-2-10-8-9-6-4-3-5-7-11(9)13(10)12/h9-11H,2-8H2,1H3/t9-,10?,11+,13-/m0/s1. The van der Waals surface area contributed by atoms with E-state index in [1.54, 1.807) is 0 Å². The highest BCUT2D eigenvalue weighted by Crippen LogP contribution is 2.41. The largest absolute Gasteiger partial charge is 0.616 e. The summed E-state index contributed by atoms with van der Waals surface area (Å²) in [5, 5.41) is 1.11. The van der Waals surface area contributed by atoms with Gasteiger partial charge < -0.3 is 4.55 Å². The molecule has 1 nitrogen and oxygen atoms in total. The van der Waals surface area contributed by atoms with Crippen LogP contribution in [0.3, 0.4) is 0 Å². The third kappa shape index (κ3) is 1.89. The number of hydrogen-bond acceptors (Lipinski definition) is 1. The molecular formula is C11H20OS. The minimum atomic E-state index is -0.488. The average Bonchev–Trinajstić information content (AvgIpc) is 2.37. The topological polar surface area (TPSA) is 23.1 Å². The van der Waals surface area contributed by atoms with Crippen LogP contribution in [0.15, 0.2) is 0 Å². The fourth-order valence-corrected chi connectivity index (χ4v) is 5.22. The van der Waals surface area contributed by atoms with Crippen LogP contribution in [0.2, 0.25) is 0 Å². The second-order valence-corrected chi connectivity index (χ2v) is 6.46. The fraction of sp³-hybridized carbons (Fsp3) is 1.00. The highest BCUT2D eigenvalue weighted by molar-refractivity contribution is 7.92. The van der Waals surface area contributed by atoms with E-state index in [0.29, 0.717) is 10.5 Å². The Bertz CT molecular complexity index is 171. The average molecular weight is 200 g/mol. The number of fused-ring (bicyclic) bond motifs is 1. The second-order valence-electron chi connectivity index (χ2n) is 4.53. The van der Waals surface area contributed by atoms with Crippen LogP contribution in [0, 0.1) is 5.92 Å². The van der Waals surface area contributed by atoms with Crippen LogP contribution in [0.1, 0.15) is 51.9 Å². The van der Waals surface area contributed by atoms with E-state index in [2.05, 4.69) is 6.92 Å². The smallest absolute Gasteiger partial charge is 0.118 e. The van der Waals surface area contributed by atoms with Crippen molar-refractivity contribution in [2.75, 3.05) is 0 Å². The fourth-order valence-electron chi connectivity index (χ4n) is 2.94. The van der Waals surface area contributed by atoms with Gasteiger partial charge in [0.05, 0.1) is 0 Å². The van der Waals surface area contributed by atoms with Gasteiger partial charge >= 0.3 is 0 Å². The lowest BCUT2D eigenvalue weighted by molar-refractivity contribution is 0.455. The summed E-state index contributed by atoms with van der Waals surface area (Å²) in [7, 11) is 0. The van der Waals surface area contributed by atoms with Gasteiger partial charge in [-0.2, -0.15) is 0 Å². The van der Waals surface area contributed by atoms with Crippen molar-refractivity contribution in [2.45, 2.75) is 62.4 Å². The molecule has 1 saturated heterocycles. The van der Waals surface area contributed by atoms with E-state index in [-0.39, 0.29) is 0 Å². The molecule has 1 heterocycles. The molecule has 0 aromatic heterocycles. The summed E-state index contributed by atoms with van der Waals surface area (Å²) in [4.78, 5) is 0. The molecule has 76 valence electrons. The first kappa shape index (κ1) is 9.85. The Morgan fingerprint density at radius 3 is 2.77 bits per heavy atom. The van der Waals surface area contributed by atoms with Gasteiger partial charge in [-0.05, 0) is 36.9 Å². The predicted molar refractivity (Wildman–Crippen MR) is 57.2 cm³/mol. The maximum atomic E-state index is 12.0. The van der Waals surface area contributed by atoms with E-state index in [0.717, 1.165) is 12.3 Å². The van der Waals surface area contributed by atoms with Crippen LogP contribution >= 0.6 is 0 Å². The molecule has 2 fully saturated rings. The summed E-state index contributed by atoms with van der Waals surface area (Å²) in [5.74, 6) is 0.813. The van der Waals surface area contributed by atoms with Gasteiger partial charge in [0.2, 0.25) is 0 Å². The molecule has 2 aliphatic rings. The molecule has 0 aromatic carbocycles. The summed E-state index contributed by atoms with van der Waals surface area (Å²) in [5.41, 5.74) is 0. The lowest BCUT2D eigenvalue weighted by atomic mass is 9.94. The molecule has 0 spiro atoms. The Kier molecular flexibility index (Phi) is 3.20. The molecule has 0 N–H and O–H groups in total. The quantitative estimate of drug-likeness (QED) is 0.597. The van der Waals surface area contributed by atoms with Crippen molar-refractivity contribution in [3.05, 3.63) is 0 Å². The molecule has 2 rings (SSSR count). The highest BCUT2D eigenvalue weighted by atomic mass is 32.2. The van der Waals surface area contributed by atoms with Gasteiger partial charge in [0, 0.05) is 12.3 Å². The zero-order valence-corrected chi connectivity index (χ0v) is 9.31. The Morgan fingerprint density at radius 1 is 1.23 bits per heavy atom. The minimum Gasteiger partial charge on any atom is -0.616 e. The van der Waals surface area contributed by atoms with E-state index >= 15 is 0 Å². The third-order valence-electron chi connectivity index (χ3n) is 3.74. The van der Waals surface area contributed by atoms with Crippen molar-refractivity contribution in [3.63, 3.8) is 0 Å². The first-order valence-electron chi connectivity index (χ1n) is 5.72. The molecule has 2 heteroatoms. The van der Waals surface area contributed by atoms with Gasteiger partial charge in [0.25, 0.3) is 0 Å². The van der Waals surface area contributed by atoms with Crippen LogP contribution in [0.5, 0.6) is 0 Å². The number of hydrogen-bond donors (Lipinski definition) is 0. The van der Waals surface area contributed by atoms with Gasteiger partial charge in [-0.1, -0.05) is 19.8 Å². The van der Waals surface area contributed by atoms with Crippen molar-refractivity contribution in [1.82, 2.24) is 0 Å². The normalized spacial score (nSPS) is 45.7. The summed E-state index contributed by atoms with van der Waals surface area (Å²) >= 11 is -0.488. The molecule has 1 aliphatic heterocycles. The van der Waals surface area contributed by atoms with E-state index in [4.69, 9.17) is 0 Å². The molecular weight excluding hydrogens is 180 g/mol. The van der Waals surface area contributed by atoms with E-state index in [9.17, 15) is 4.55 Å². The summed E-state index contributed by atoms with van der Waals surface area (Å²) in [6.07, 6.45) is 9.06. The molecule has 0 bridgehead atoms. The zero-order valence-electron chi connectivity index (χ0n) is 8.50. The van der Waals surface area contributed by atoms with Crippen LogP contribution < -0.4 is 0 Å². The highest BCUT2D eigenvalue weighted by Gasteiger charge is 2.45. The molecule has 0 radical (unpaired) electrons. The van der Waals surface area contributed by atoms with Crippen molar-refractivity contribution in [1.29, 1.82) is 0 Å². The Morgan fingerprint density at radius 2 is 2.00 bits per heavy atom. The molecule has 4 atom stereocenters. The molecule has 13 heavy (non-hydrogen) atoms. The van der Waals surface area contributed by atoms with Gasteiger partial charge in [-0.15, -0.1) is 0 Å². The SMILES string of the molecule is CCC1C[C@@H]2CCCCC[C@H]2[S@@+]1[O-]. The van der Waals surface area contributed by atoms with Crippen molar-refractivity contribution in [2.24, 2.45) is 5.92 Å². The Hall–Kier alpha value is 0.310. The van der Waals surface area contributed by atoms with Crippen molar-refractivity contribution >= 4 is 11.2 Å². The van der Waals surface area contributed by atoms with E-state index in [1.165, 1.54) is 38.5 Å². The summed E-state index contributed by atoms with van der Waals surface area (Å²) in [6.45, 7) is 2.19. The minimum absolute atomic E-state index is 0.488. The Balaban J connectivity index is 2.02. The van der Waals surface area contributed by atoms with Crippen LogP contribution in [0.25, 0.3) is 0 Å². The molecule has 1 saturated carbocycles. The van der Waals surface area contributed by atoms with Crippen molar-refractivity contribution in [3.8, 4) is 0 Å². The van der Waals surface area contributed by atoms with Gasteiger partial charge in [0.15, 0.2) is 0 Å². The van der Waals surface area contributed by atoms with E-state index < -0.39 is 11.2 Å². The van der Waals surface area contributed by atoms with Crippen LogP contribution in [-0.4, -0.2) is 15.1 Å². The molecule has 1 unspecified atom stereocenters. The zero-order chi connectivity index (χ0) is 9.26. The lowest BCUT2D eigenvalue weighted by Gasteiger charge is -2.19. The third-order valence-corrected chi connectivity index (χ3v) is 6.14. The van der Waals surface area contributed by atoms with E-state index in [1.807, 2.05) is 0 Å². The first-order chi connectivity index (χ1) is 6.33. The monoisotopic (exact) mass is 200 g/mol. The predicted octanol–water partition coefficient (Wildman–Crippen LogP) is 2.87. The number of rotatable bonds is 1. The summed E-state index contributed by atoms with van der Waals surface area (Å²) in [6, 6.07) is 0. The maximum Gasteiger partial charge on any atom is 0.118 e. The molecule has 1 aliphatic carbocycles. The van der Waals surface area contributed by atoms with Gasteiger partial charge in [0.1, 0.15) is 10.5 Å². The van der Waals surface area contributed by atoms with Gasteiger partial charge in [-0.3, -0.25) is 0 Å². The summed E-state index contributed by atoms with van der Waals surface area (Å²) < 4.78 is 12.0.